The maximum Gasteiger partial charge on any atom is 0.310 e. The van der Waals surface area contributed by atoms with Crippen molar-refractivity contribution in [3.63, 3.8) is 0 Å². The third-order valence-electron chi connectivity index (χ3n) is 3.93. The van der Waals surface area contributed by atoms with Gasteiger partial charge in [-0.25, -0.2) is 0 Å². The van der Waals surface area contributed by atoms with Crippen molar-refractivity contribution < 1.29 is 19.1 Å². The number of hydrogen-bond donors (Lipinski definition) is 1. The molecule has 6 nitrogen and oxygen atoms in total. The number of nitrogens with zero attached hydrogens (tertiary/aromatic N) is 1. The van der Waals surface area contributed by atoms with E-state index in [2.05, 4.69) is 5.32 Å². The van der Waals surface area contributed by atoms with Crippen molar-refractivity contribution in [2.45, 2.75) is 53.4 Å². The smallest absolute Gasteiger partial charge is 0.310 e. The van der Waals surface area contributed by atoms with Gasteiger partial charge in [-0.3, -0.25) is 14.4 Å². The van der Waals surface area contributed by atoms with Gasteiger partial charge in [0.15, 0.2) is 0 Å². The minimum atomic E-state index is -0.413. The van der Waals surface area contributed by atoms with Gasteiger partial charge in [-0.15, -0.1) is 0 Å². The Morgan fingerprint density at radius 3 is 2.57 bits per heavy atom. The van der Waals surface area contributed by atoms with Crippen LogP contribution in [0.15, 0.2) is 0 Å². The fourth-order valence-corrected chi connectivity index (χ4v) is 2.52. The minimum absolute atomic E-state index is 0.00898. The molecule has 0 bridgehead atoms. The lowest BCUT2D eigenvalue weighted by Crippen LogP contribution is -2.43. The Bertz CT molecular complexity index is 429. The molecule has 1 N–H and O–H groups in total. The average Bonchev–Trinajstić information content (AvgIpc) is 2.50. The number of hydrogen-bond acceptors (Lipinski definition) is 4. The van der Waals surface area contributed by atoms with Crippen LogP contribution in [0.1, 0.15) is 53.4 Å². The zero-order valence-electron chi connectivity index (χ0n) is 14.8. The van der Waals surface area contributed by atoms with E-state index in [0.29, 0.717) is 39.1 Å². The number of rotatable bonds is 6. The molecule has 0 aromatic heterocycles. The summed E-state index contributed by atoms with van der Waals surface area (Å²) in [6.07, 6.45) is 2.61. The molecular weight excluding hydrogens is 296 g/mol. The number of amides is 2. The zero-order chi connectivity index (χ0) is 17.5. The van der Waals surface area contributed by atoms with E-state index in [1.54, 1.807) is 11.8 Å². The van der Waals surface area contributed by atoms with Crippen LogP contribution in [0.5, 0.6) is 0 Å². The van der Waals surface area contributed by atoms with Gasteiger partial charge in [0.05, 0.1) is 12.5 Å². The highest BCUT2D eigenvalue weighted by atomic mass is 16.5. The maximum absolute atomic E-state index is 12.2. The van der Waals surface area contributed by atoms with Gasteiger partial charge in [-0.1, -0.05) is 20.8 Å². The fourth-order valence-electron chi connectivity index (χ4n) is 2.52. The average molecular weight is 326 g/mol. The summed E-state index contributed by atoms with van der Waals surface area (Å²) in [5.41, 5.74) is -0.413. The first-order valence-electron chi connectivity index (χ1n) is 8.48. The lowest BCUT2D eigenvalue weighted by atomic mass is 9.95. The summed E-state index contributed by atoms with van der Waals surface area (Å²) in [6.45, 7) is 9.38. The fraction of sp³-hybridized carbons (Fsp3) is 0.824. The predicted octanol–water partition coefficient (Wildman–Crippen LogP) is 1.73. The Labute approximate surface area is 138 Å². The van der Waals surface area contributed by atoms with E-state index in [9.17, 15) is 14.4 Å². The molecule has 132 valence electrons. The van der Waals surface area contributed by atoms with E-state index >= 15 is 0 Å². The molecule has 1 unspecified atom stereocenters. The first-order valence-corrected chi connectivity index (χ1v) is 8.48. The Morgan fingerprint density at radius 2 is 1.96 bits per heavy atom. The standard InChI is InChI=1S/C17H30N2O4/c1-5-23-15(21)13-8-7-11-19(12-13)14(20)9-6-10-18-16(22)17(2,3)4/h13H,5-12H2,1-4H3,(H,18,22). The van der Waals surface area contributed by atoms with Crippen LogP contribution >= 0.6 is 0 Å². The van der Waals surface area contributed by atoms with Crippen molar-refractivity contribution in [3.8, 4) is 0 Å². The van der Waals surface area contributed by atoms with Crippen LogP contribution in [0.4, 0.5) is 0 Å². The Kier molecular flexibility index (Phi) is 7.52. The summed E-state index contributed by atoms with van der Waals surface area (Å²) >= 11 is 0. The molecule has 0 aliphatic carbocycles. The largest absolute Gasteiger partial charge is 0.466 e. The lowest BCUT2D eigenvalue weighted by molar-refractivity contribution is -0.151. The summed E-state index contributed by atoms with van der Waals surface area (Å²) < 4.78 is 5.04. The summed E-state index contributed by atoms with van der Waals surface area (Å²) in [6, 6.07) is 0. The van der Waals surface area contributed by atoms with Gasteiger partial charge < -0.3 is 15.0 Å². The number of piperidine rings is 1. The Hall–Kier alpha value is -1.59. The van der Waals surface area contributed by atoms with Crippen molar-refractivity contribution in [1.29, 1.82) is 0 Å². The molecular formula is C17H30N2O4. The highest BCUT2D eigenvalue weighted by Gasteiger charge is 2.29. The molecule has 1 saturated heterocycles. The second kappa shape index (κ2) is 8.89. The molecule has 0 spiro atoms. The number of carbonyl (C=O) groups excluding carboxylic acids is 3. The second-order valence-electron chi connectivity index (χ2n) is 7.04. The van der Waals surface area contributed by atoms with Crippen LogP contribution in [0.3, 0.4) is 0 Å². The van der Waals surface area contributed by atoms with Crippen LogP contribution in [-0.4, -0.2) is 48.9 Å². The molecule has 1 atom stereocenters. The summed E-state index contributed by atoms with van der Waals surface area (Å²) in [5.74, 6) is -0.370. The minimum Gasteiger partial charge on any atom is -0.466 e. The van der Waals surface area contributed by atoms with Gasteiger partial charge in [-0.05, 0) is 26.2 Å². The molecule has 0 saturated carbocycles. The van der Waals surface area contributed by atoms with Gasteiger partial charge in [0.25, 0.3) is 0 Å². The molecule has 6 heteroatoms. The molecule has 23 heavy (non-hydrogen) atoms. The zero-order valence-corrected chi connectivity index (χ0v) is 14.8. The molecule has 1 aliphatic rings. The topological polar surface area (TPSA) is 75.7 Å². The van der Waals surface area contributed by atoms with Crippen molar-refractivity contribution >= 4 is 17.8 Å². The SMILES string of the molecule is CCOC(=O)C1CCCN(C(=O)CCCNC(=O)C(C)(C)C)C1. The molecule has 2 amide bonds. The van der Waals surface area contributed by atoms with E-state index in [1.165, 1.54) is 0 Å². The molecule has 1 aliphatic heterocycles. The maximum atomic E-state index is 12.2. The van der Waals surface area contributed by atoms with Crippen LogP contribution in [0, 0.1) is 11.3 Å². The number of likely N-dealkylation sites (tertiary alicyclic amines) is 1. The first kappa shape index (κ1) is 19.5. The lowest BCUT2D eigenvalue weighted by Gasteiger charge is -2.31. The molecule has 1 heterocycles. The van der Waals surface area contributed by atoms with Gasteiger partial charge >= 0.3 is 5.97 Å². The van der Waals surface area contributed by atoms with Crippen molar-refractivity contribution in [2.24, 2.45) is 11.3 Å². The first-order chi connectivity index (χ1) is 10.8. The second-order valence-corrected chi connectivity index (χ2v) is 7.04. The Balaban J connectivity index is 2.32. The third-order valence-corrected chi connectivity index (χ3v) is 3.93. The predicted molar refractivity (Wildman–Crippen MR) is 87.6 cm³/mol. The number of esters is 1. The van der Waals surface area contributed by atoms with Crippen LogP contribution < -0.4 is 5.32 Å². The molecule has 0 aromatic rings. The van der Waals surface area contributed by atoms with Gasteiger partial charge in [0.1, 0.15) is 0 Å². The third kappa shape index (κ3) is 6.59. The molecule has 0 aromatic carbocycles. The quantitative estimate of drug-likeness (QED) is 0.596. The molecule has 0 radical (unpaired) electrons. The van der Waals surface area contributed by atoms with Gasteiger partial charge in [0, 0.05) is 31.5 Å². The number of nitrogens with one attached hydrogen (secondary N) is 1. The van der Waals surface area contributed by atoms with Crippen LogP contribution in [0.2, 0.25) is 0 Å². The summed E-state index contributed by atoms with van der Waals surface area (Å²) in [5, 5.41) is 2.84. The van der Waals surface area contributed by atoms with E-state index in [-0.39, 0.29) is 23.7 Å². The van der Waals surface area contributed by atoms with E-state index < -0.39 is 5.41 Å². The highest BCUT2D eigenvalue weighted by molar-refractivity contribution is 5.81. The number of carbonyl (C=O) groups is 3. The molecule has 1 fully saturated rings. The van der Waals surface area contributed by atoms with Crippen molar-refractivity contribution in [2.75, 3.05) is 26.2 Å². The summed E-state index contributed by atoms with van der Waals surface area (Å²) in [4.78, 5) is 37.5. The Morgan fingerprint density at radius 1 is 1.26 bits per heavy atom. The number of ether oxygens (including phenoxy) is 1. The normalized spacial score (nSPS) is 18.4. The van der Waals surface area contributed by atoms with Gasteiger partial charge in [-0.2, -0.15) is 0 Å². The van der Waals surface area contributed by atoms with Crippen molar-refractivity contribution in [1.82, 2.24) is 10.2 Å². The summed E-state index contributed by atoms with van der Waals surface area (Å²) in [7, 11) is 0. The van der Waals surface area contributed by atoms with Crippen LogP contribution in [0.25, 0.3) is 0 Å². The van der Waals surface area contributed by atoms with Gasteiger partial charge in [0.2, 0.25) is 11.8 Å². The van der Waals surface area contributed by atoms with E-state index in [0.717, 1.165) is 12.8 Å². The molecule has 1 rings (SSSR count). The van der Waals surface area contributed by atoms with E-state index in [1.807, 2.05) is 20.8 Å². The monoisotopic (exact) mass is 326 g/mol. The van der Waals surface area contributed by atoms with E-state index in [4.69, 9.17) is 4.74 Å². The van der Waals surface area contributed by atoms with Crippen LogP contribution in [-0.2, 0) is 19.1 Å². The highest BCUT2D eigenvalue weighted by Crippen LogP contribution is 2.19. The van der Waals surface area contributed by atoms with Crippen molar-refractivity contribution in [3.05, 3.63) is 0 Å².